The number of nitrogens with zero attached hydrogens (tertiary/aromatic N) is 3. The zero-order valence-corrected chi connectivity index (χ0v) is 19.4. The van der Waals surface area contributed by atoms with Crippen molar-refractivity contribution in [2.75, 3.05) is 13.1 Å². The maximum Gasteiger partial charge on any atom is 0.309 e. The number of hydrogen-bond donors (Lipinski definition) is 1. The highest BCUT2D eigenvalue weighted by Gasteiger charge is 2.32. The van der Waals surface area contributed by atoms with Gasteiger partial charge in [0.1, 0.15) is 5.75 Å². The molecule has 31 heavy (non-hydrogen) atoms. The third kappa shape index (κ3) is 4.92. The lowest BCUT2D eigenvalue weighted by Crippen LogP contribution is -2.49. The molecule has 0 bridgehead atoms. The lowest BCUT2D eigenvalue weighted by Gasteiger charge is -2.36. The van der Waals surface area contributed by atoms with Gasteiger partial charge in [-0.15, -0.1) is 0 Å². The molecule has 2 heterocycles. The van der Waals surface area contributed by atoms with Crippen LogP contribution in [0.15, 0.2) is 45.4 Å². The summed E-state index contributed by atoms with van der Waals surface area (Å²) < 4.78 is 12.0. The van der Waals surface area contributed by atoms with Crippen LogP contribution in [0.4, 0.5) is 0 Å². The van der Waals surface area contributed by atoms with Gasteiger partial charge in [0, 0.05) is 25.2 Å². The Labute approximate surface area is 193 Å². The van der Waals surface area contributed by atoms with E-state index in [9.17, 15) is 4.79 Å². The lowest BCUT2D eigenvalue weighted by atomic mass is 9.99. The van der Waals surface area contributed by atoms with E-state index in [2.05, 4.69) is 31.0 Å². The molecule has 1 aromatic heterocycles. The fourth-order valence-corrected chi connectivity index (χ4v) is 4.14. The van der Waals surface area contributed by atoms with Crippen LogP contribution in [0.2, 0.25) is 5.02 Å². The summed E-state index contributed by atoms with van der Waals surface area (Å²) in [5.41, 5.74) is 2.44. The molecule has 1 fully saturated rings. The maximum absolute atomic E-state index is 10.9. The first-order valence-corrected chi connectivity index (χ1v) is 11.0. The van der Waals surface area contributed by atoms with Crippen molar-refractivity contribution in [1.29, 1.82) is 0 Å². The molecule has 4 rings (SSSR count). The monoisotopic (exact) mass is 505 g/mol. The molecule has 1 saturated heterocycles. The number of aromatic nitrogens is 2. The average Bonchev–Trinajstić information content (AvgIpc) is 3.15. The zero-order valence-electron chi connectivity index (χ0n) is 17.0. The topological polar surface area (TPSA) is 88.7 Å². The highest BCUT2D eigenvalue weighted by Crippen LogP contribution is 2.33. The van der Waals surface area contributed by atoms with E-state index in [-0.39, 0.29) is 12.0 Å². The molecule has 0 saturated carbocycles. The van der Waals surface area contributed by atoms with Gasteiger partial charge >= 0.3 is 5.97 Å². The Kier molecular flexibility index (Phi) is 6.31. The highest BCUT2D eigenvalue weighted by molar-refractivity contribution is 9.10. The number of benzene rings is 2. The fraction of sp³-hybridized carbons (Fsp3) is 0.318. The largest absolute Gasteiger partial charge is 0.490 e. The van der Waals surface area contributed by atoms with Crippen molar-refractivity contribution in [3.63, 3.8) is 0 Å². The van der Waals surface area contributed by atoms with Gasteiger partial charge in [-0.2, -0.15) is 4.98 Å². The number of carboxylic acid groups (broad SMARTS) is 1. The molecule has 9 heteroatoms. The third-order valence-electron chi connectivity index (χ3n) is 4.96. The van der Waals surface area contributed by atoms with Crippen molar-refractivity contribution >= 4 is 33.5 Å². The third-order valence-corrected chi connectivity index (χ3v) is 5.89. The van der Waals surface area contributed by atoms with Crippen molar-refractivity contribution in [3.8, 4) is 28.6 Å². The highest BCUT2D eigenvalue weighted by atomic mass is 79.9. The Morgan fingerprint density at radius 3 is 2.74 bits per heavy atom. The van der Waals surface area contributed by atoms with Crippen molar-refractivity contribution in [2.45, 2.75) is 26.5 Å². The molecule has 2 aromatic carbocycles. The molecule has 0 radical (unpaired) electrons. The van der Waals surface area contributed by atoms with Crippen molar-refractivity contribution in [2.24, 2.45) is 5.92 Å². The molecule has 3 aromatic rings. The van der Waals surface area contributed by atoms with Gasteiger partial charge in [-0.05, 0) is 65.7 Å². The second-order valence-electron chi connectivity index (χ2n) is 7.78. The van der Waals surface area contributed by atoms with Crippen LogP contribution in [0.3, 0.4) is 0 Å². The summed E-state index contributed by atoms with van der Waals surface area (Å²) in [4.78, 5) is 17.5. The first-order chi connectivity index (χ1) is 14.8. The number of carbonyl (C=O) groups is 1. The van der Waals surface area contributed by atoms with Gasteiger partial charge in [0.15, 0.2) is 0 Å². The summed E-state index contributed by atoms with van der Waals surface area (Å²) in [6.45, 7) is 5.70. The number of halogens is 2. The van der Waals surface area contributed by atoms with E-state index >= 15 is 0 Å². The van der Waals surface area contributed by atoms with Crippen LogP contribution >= 0.6 is 27.5 Å². The minimum Gasteiger partial charge on any atom is -0.490 e. The van der Waals surface area contributed by atoms with Crippen LogP contribution in [0.5, 0.6) is 5.75 Å². The maximum atomic E-state index is 10.9. The SMILES string of the molecule is CC(C)Oc1ccc(-c2noc(-c3ccc(CN4CC(C(=O)O)C4)cc3Cl)n2)cc1Br. The van der Waals surface area contributed by atoms with Crippen molar-refractivity contribution in [1.82, 2.24) is 15.0 Å². The number of rotatable bonds is 7. The standard InChI is InChI=1S/C22H21BrClN3O4/c1-12(2)30-19-6-4-14(8-17(19)23)20-25-21(31-26-20)16-5-3-13(7-18(16)24)9-27-10-15(11-27)22(28)29/h3-8,12,15H,9-11H2,1-2H3,(H,28,29). The number of ether oxygens (including phenoxy) is 1. The minimum atomic E-state index is -0.744. The van der Waals surface area contributed by atoms with Crippen molar-refractivity contribution in [3.05, 3.63) is 51.5 Å². The van der Waals surface area contributed by atoms with Gasteiger partial charge in [0.25, 0.3) is 5.89 Å². The van der Waals surface area contributed by atoms with E-state index in [1.807, 2.05) is 50.2 Å². The molecule has 162 valence electrons. The minimum absolute atomic E-state index is 0.0729. The first-order valence-electron chi connectivity index (χ1n) is 9.84. The van der Waals surface area contributed by atoms with Crippen LogP contribution in [-0.2, 0) is 11.3 Å². The smallest absolute Gasteiger partial charge is 0.309 e. The first kappa shape index (κ1) is 21.8. The summed E-state index contributed by atoms with van der Waals surface area (Å²) in [5.74, 6) is 0.508. The van der Waals surface area contributed by atoms with E-state index < -0.39 is 5.97 Å². The van der Waals surface area contributed by atoms with Gasteiger partial charge in [0.2, 0.25) is 5.82 Å². The fourth-order valence-electron chi connectivity index (χ4n) is 3.38. The molecule has 0 unspecified atom stereocenters. The Morgan fingerprint density at radius 2 is 2.10 bits per heavy atom. The Hall–Kier alpha value is -2.42. The van der Waals surface area contributed by atoms with Gasteiger partial charge in [-0.25, -0.2) is 0 Å². The molecule has 0 amide bonds. The average molecular weight is 507 g/mol. The molecule has 7 nitrogen and oxygen atoms in total. The second-order valence-corrected chi connectivity index (χ2v) is 9.04. The summed E-state index contributed by atoms with van der Waals surface area (Å²) in [5, 5.41) is 13.6. The van der Waals surface area contributed by atoms with Crippen LogP contribution in [0, 0.1) is 5.92 Å². The second kappa shape index (κ2) is 8.98. The van der Waals surface area contributed by atoms with Gasteiger partial charge in [-0.3, -0.25) is 9.69 Å². The zero-order chi connectivity index (χ0) is 22.1. The van der Waals surface area contributed by atoms with E-state index in [1.54, 1.807) is 0 Å². The molecular formula is C22H21BrClN3O4. The van der Waals surface area contributed by atoms with Crippen LogP contribution in [0.1, 0.15) is 19.4 Å². The summed E-state index contributed by atoms with van der Waals surface area (Å²) in [6, 6.07) is 11.3. The predicted molar refractivity (Wildman–Crippen MR) is 120 cm³/mol. The van der Waals surface area contributed by atoms with Crippen LogP contribution in [-0.4, -0.2) is 45.3 Å². The number of likely N-dealkylation sites (tertiary alicyclic amines) is 1. The van der Waals surface area contributed by atoms with E-state index in [0.29, 0.717) is 41.9 Å². The van der Waals surface area contributed by atoms with Gasteiger partial charge in [0.05, 0.1) is 27.1 Å². The van der Waals surface area contributed by atoms with Gasteiger partial charge in [-0.1, -0.05) is 22.8 Å². The van der Waals surface area contributed by atoms with E-state index in [0.717, 1.165) is 21.3 Å². The predicted octanol–water partition coefficient (Wildman–Crippen LogP) is 5.12. The van der Waals surface area contributed by atoms with Crippen LogP contribution in [0.25, 0.3) is 22.8 Å². The van der Waals surface area contributed by atoms with Crippen molar-refractivity contribution < 1.29 is 19.2 Å². The molecule has 1 N–H and O–H groups in total. The van der Waals surface area contributed by atoms with E-state index in [1.165, 1.54) is 0 Å². The summed E-state index contributed by atoms with van der Waals surface area (Å²) >= 11 is 9.99. The van der Waals surface area contributed by atoms with Crippen LogP contribution < -0.4 is 4.74 Å². The number of aliphatic carboxylic acids is 1. The molecule has 0 aliphatic carbocycles. The van der Waals surface area contributed by atoms with Gasteiger partial charge < -0.3 is 14.4 Å². The molecule has 1 aliphatic rings. The molecule has 1 aliphatic heterocycles. The molecular weight excluding hydrogens is 486 g/mol. The normalized spacial score (nSPS) is 14.6. The molecule has 0 spiro atoms. The number of hydrogen-bond acceptors (Lipinski definition) is 6. The number of carboxylic acids is 1. The Bertz CT molecular complexity index is 1110. The summed E-state index contributed by atoms with van der Waals surface area (Å²) in [7, 11) is 0. The van der Waals surface area contributed by atoms with E-state index in [4.69, 9.17) is 26.0 Å². The lowest BCUT2D eigenvalue weighted by molar-refractivity contribution is -0.147. The summed E-state index contributed by atoms with van der Waals surface area (Å²) in [6.07, 6.45) is 0.0729. The quantitative estimate of drug-likeness (QED) is 0.475. The Morgan fingerprint density at radius 1 is 1.32 bits per heavy atom. The molecule has 0 atom stereocenters. The Balaban J connectivity index is 1.48.